The lowest BCUT2D eigenvalue weighted by Gasteiger charge is -2.39. The number of nitro groups is 1. The number of nitrogens with one attached hydrogen (secondary N) is 1. The standard InChI is InChI=1S/C25H25N3O3/c1-16-4-9-20(10-5-16)27(25(29)19-7-11-21(12-8-19)28(30)31)24-15-18(3)26-23-13-6-17(2)14-22(23)24/h4-14,18,24,26H,15H2,1-3H3/t18-,24+/m1/s1. The van der Waals surface area contributed by atoms with E-state index in [1.165, 1.54) is 24.3 Å². The van der Waals surface area contributed by atoms with E-state index in [4.69, 9.17) is 0 Å². The van der Waals surface area contributed by atoms with Gasteiger partial charge in [-0.25, -0.2) is 0 Å². The lowest BCUT2D eigenvalue weighted by atomic mass is 9.90. The molecule has 6 heteroatoms. The third-order valence-electron chi connectivity index (χ3n) is 5.71. The van der Waals surface area contributed by atoms with Crippen molar-refractivity contribution in [1.82, 2.24) is 0 Å². The van der Waals surface area contributed by atoms with Gasteiger partial charge in [-0.05, 0) is 63.1 Å². The molecule has 1 N–H and O–H groups in total. The van der Waals surface area contributed by atoms with E-state index in [9.17, 15) is 14.9 Å². The van der Waals surface area contributed by atoms with Crippen LogP contribution in [0, 0.1) is 24.0 Å². The molecule has 0 unspecified atom stereocenters. The maximum Gasteiger partial charge on any atom is 0.269 e. The Kier molecular flexibility index (Phi) is 5.46. The molecule has 1 aliphatic rings. The fourth-order valence-corrected chi connectivity index (χ4v) is 4.13. The first-order valence-electron chi connectivity index (χ1n) is 10.4. The van der Waals surface area contributed by atoms with Gasteiger partial charge in [0.2, 0.25) is 0 Å². The van der Waals surface area contributed by atoms with E-state index in [0.717, 1.165) is 34.5 Å². The van der Waals surface area contributed by atoms with Crippen molar-refractivity contribution in [3.8, 4) is 0 Å². The molecule has 3 aromatic rings. The van der Waals surface area contributed by atoms with Crippen LogP contribution in [0.3, 0.4) is 0 Å². The molecule has 0 aromatic heterocycles. The van der Waals surface area contributed by atoms with Crippen LogP contribution >= 0.6 is 0 Å². The Morgan fingerprint density at radius 3 is 2.29 bits per heavy atom. The van der Waals surface area contributed by atoms with E-state index in [-0.39, 0.29) is 23.7 Å². The molecule has 1 aliphatic heterocycles. The van der Waals surface area contributed by atoms with Crippen LogP contribution in [0.25, 0.3) is 0 Å². The van der Waals surface area contributed by atoms with Crippen molar-refractivity contribution in [2.45, 2.75) is 39.3 Å². The Labute approximate surface area is 181 Å². The molecule has 1 amide bonds. The maximum atomic E-state index is 13.7. The molecule has 3 aromatic carbocycles. The van der Waals surface area contributed by atoms with Crippen LogP contribution < -0.4 is 10.2 Å². The van der Waals surface area contributed by atoms with E-state index in [1.54, 1.807) is 0 Å². The summed E-state index contributed by atoms with van der Waals surface area (Å²) < 4.78 is 0. The zero-order valence-corrected chi connectivity index (χ0v) is 17.8. The van der Waals surface area contributed by atoms with Gasteiger partial charge in [0.15, 0.2) is 0 Å². The molecular weight excluding hydrogens is 390 g/mol. The zero-order valence-electron chi connectivity index (χ0n) is 17.8. The monoisotopic (exact) mass is 415 g/mol. The zero-order chi connectivity index (χ0) is 22.1. The highest BCUT2D eigenvalue weighted by molar-refractivity contribution is 6.07. The molecule has 0 saturated heterocycles. The third-order valence-corrected chi connectivity index (χ3v) is 5.71. The second kappa shape index (κ2) is 8.22. The molecule has 4 rings (SSSR count). The molecule has 31 heavy (non-hydrogen) atoms. The predicted octanol–water partition coefficient (Wildman–Crippen LogP) is 5.80. The number of nitro benzene ring substituents is 1. The summed E-state index contributed by atoms with van der Waals surface area (Å²) in [7, 11) is 0. The van der Waals surface area contributed by atoms with E-state index >= 15 is 0 Å². The maximum absolute atomic E-state index is 13.7. The van der Waals surface area contributed by atoms with Gasteiger partial charge in [-0.3, -0.25) is 14.9 Å². The van der Waals surface area contributed by atoms with Crippen molar-refractivity contribution in [2.24, 2.45) is 0 Å². The smallest absolute Gasteiger partial charge is 0.269 e. The second-order valence-corrected chi connectivity index (χ2v) is 8.20. The summed E-state index contributed by atoms with van der Waals surface area (Å²) in [5, 5.41) is 14.5. The van der Waals surface area contributed by atoms with Crippen LogP contribution in [0.4, 0.5) is 17.1 Å². The van der Waals surface area contributed by atoms with E-state index in [0.29, 0.717) is 5.56 Å². The summed E-state index contributed by atoms with van der Waals surface area (Å²) in [6, 6.07) is 20.0. The number of carbonyl (C=O) groups is 1. The van der Waals surface area contributed by atoms with E-state index in [2.05, 4.69) is 30.4 Å². The summed E-state index contributed by atoms with van der Waals surface area (Å²) in [5.41, 5.74) is 5.55. The Morgan fingerprint density at radius 2 is 1.65 bits per heavy atom. The quantitative estimate of drug-likeness (QED) is 0.431. The van der Waals surface area contributed by atoms with Crippen LogP contribution in [0.2, 0.25) is 0 Å². The molecule has 0 bridgehead atoms. The van der Waals surface area contributed by atoms with Gasteiger partial charge in [-0.2, -0.15) is 0 Å². The Morgan fingerprint density at radius 1 is 1.00 bits per heavy atom. The minimum absolute atomic E-state index is 0.0325. The van der Waals surface area contributed by atoms with Gasteiger partial charge < -0.3 is 10.2 Å². The molecule has 0 saturated carbocycles. The molecule has 158 valence electrons. The SMILES string of the molecule is Cc1ccc(N(C(=O)c2ccc([N+](=O)[O-])cc2)[C@H]2C[C@@H](C)Nc3ccc(C)cc32)cc1. The number of rotatable bonds is 4. The first kappa shape index (κ1) is 20.6. The minimum Gasteiger partial charge on any atom is -0.382 e. The lowest BCUT2D eigenvalue weighted by molar-refractivity contribution is -0.384. The highest BCUT2D eigenvalue weighted by atomic mass is 16.6. The molecule has 0 fully saturated rings. The van der Waals surface area contributed by atoms with Gasteiger partial charge in [-0.15, -0.1) is 0 Å². The molecule has 0 aliphatic carbocycles. The Bertz CT molecular complexity index is 1120. The summed E-state index contributed by atoms with van der Waals surface area (Å²) in [6.07, 6.45) is 0.753. The first-order chi connectivity index (χ1) is 14.8. The number of nitrogens with zero attached hydrogens (tertiary/aromatic N) is 2. The van der Waals surface area contributed by atoms with Gasteiger partial charge in [-0.1, -0.05) is 35.4 Å². The molecule has 0 spiro atoms. The molecule has 1 heterocycles. The average molecular weight is 415 g/mol. The van der Waals surface area contributed by atoms with Gasteiger partial charge in [0, 0.05) is 35.1 Å². The number of non-ortho nitro benzene ring substituents is 1. The van der Waals surface area contributed by atoms with E-state index < -0.39 is 4.92 Å². The number of anilines is 2. The summed E-state index contributed by atoms with van der Waals surface area (Å²) in [5.74, 6) is -0.176. The molecule has 6 nitrogen and oxygen atoms in total. The predicted molar refractivity (Wildman–Crippen MR) is 123 cm³/mol. The van der Waals surface area contributed by atoms with Crippen LogP contribution in [0.5, 0.6) is 0 Å². The normalized spacial score (nSPS) is 17.4. The fourth-order valence-electron chi connectivity index (χ4n) is 4.13. The second-order valence-electron chi connectivity index (χ2n) is 8.20. The average Bonchev–Trinajstić information content (AvgIpc) is 2.75. The topological polar surface area (TPSA) is 75.5 Å². The minimum atomic E-state index is -0.459. The van der Waals surface area contributed by atoms with Crippen molar-refractivity contribution in [2.75, 3.05) is 10.2 Å². The highest BCUT2D eigenvalue weighted by Gasteiger charge is 2.33. The van der Waals surface area contributed by atoms with Crippen LogP contribution in [0.1, 0.15) is 46.4 Å². The number of hydrogen-bond donors (Lipinski definition) is 1. The van der Waals surface area contributed by atoms with Crippen molar-refractivity contribution < 1.29 is 9.72 Å². The molecular formula is C25H25N3O3. The summed E-state index contributed by atoms with van der Waals surface area (Å²) in [6.45, 7) is 6.17. The number of hydrogen-bond acceptors (Lipinski definition) is 4. The molecule has 0 radical (unpaired) electrons. The number of carbonyl (C=O) groups excluding carboxylic acids is 1. The van der Waals surface area contributed by atoms with Crippen LogP contribution in [0.15, 0.2) is 66.7 Å². The first-order valence-corrected chi connectivity index (χ1v) is 10.4. The number of aryl methyl sites for hydroxylation is 2. The third kappa shape index (κ3) is 4.14. The highest BCUT2D eigenvalue weighted by Crippen LogP contribution is 2.40. The van der Waals surface area contributed by atoms with Gasteiger partial charge in [0.1, 0.15) is 0 Å². The lowest BCUT2D eigenvalue weighted by Crippen LogP contribution is -2.40. The Hall–Kier alpha value is -3.67. The largest absolute Gasteiger partial charge is 0.382 e. The summed E-state index contributed by atoms with van der Waals surface area (Å²) in [4.78, 5) is 26.1. The Balaban J connectivity index is 1.82. The van der Waals surface area contributed by atoms with Crippen molar-refractivity contribution in [1.29, 1.82) is 0 Å². The fraction of sp³-hybridized carbons (Fsp3) is 0.240. The van der Waals surface area contributed by atoms with Crippen molar-refractivity contribution in [3.63, 3.8) is 0 Å². The van der Waals surface area contributed by atoms with Crippen molar-refractivity contribution in [3.05, 3.63) is 99.1 Å². The number of fused-ring (bicyclic) bond motifs is 1. The van der Waals surface area contributed by atoms with Gasteiger partial charge in [0.25, 0.3) is 11.6 Å². The van der Waals surface area contributed by atoms with Crippen molar-refractivity contribution >= 4 is 23.0 Å². The number of benzene rings is 3. The number of amides is 1. The van der Waals surface area contributed by atoms with Crippen LogP contribution in [-0.4, -0.2) is 16.9 Å². The van der Waals surface area contributed by atoms with Gasteiger partial charge in [0.05, 0.1) is 11.0 Å². The molecule has 2 atom stereocenters. The summed E-state index contributed by atoms with van der Waals surface area (Å²) >= 11 is 0. The van der Waals surface area contributed by atoms with E-state index in [1.807, 2.05) is 43.0 Å². The van der Waals surface area contributed by atoms with Gasteiger partial charge >= 0.3 is 0 Å². The van der Waals surface area contributed by atoms with Crippen LogP contribution in [-0.2, 0) is 0 Å².